The highest BCUT2D eigenvalue weighted by Gasteiger charge is 1.94. The van der Waals surface area contributed by atoms with Crippen molar-refractivity contribution in [2.24, 2.45) is 0 Å². The van der Waals surface area contributed by atoms with Gasteiger partial charge < -0.3 is 0 Å². The van der Waals surface area contributed by atoms with Gasteiger partial charge in [0.25, 0.3) is 0 Å². The highest BCUT2D eigenvalue weighted by molar-refractivity contribution is 5.30. The fourth-order valence-corrected chi connectivity index (χ4v) is 4.97. The maximum Gasteiger partial charge on any atom is -0.0303 e. The molecule has 0 aliphatic heterocycles. The molecule has 0 aliphatic rings. The summed E-state index contributed by atoms with van der Waals surface area (Å²) in [5.41, 5.74) is 1.46. The molecule has 0 saturated heterocycles. The Hall–Kier alpha value is -0.780. The molecule has 0 aromatic carbocycles. The smallest absolute Gasteiger partial charge is 0.0303 e. The summed E-state index contributed by atoms with van der Waals surface area (Å²) in [5.74, 6) is 0. The van der Waals surface area contributed by atoms with Crippen molar-refractivity contribution in [2.45, 2.75) is 194 Å². The zero-order valence-corrected chi connectivity index (χ0v) is 25.5. The zero-order chi connectivity index (χ0) is 26.2. The molecule has 212 valence electrons. The summed E-state index contributed by atoms with van der Waals surface area (Å²) in [5, 5.41) is 0. The summed E-state index contributed by atoms with van der Waals surface area (Å²) < 4.78 is 0. The molecule has 0 unspecified atom stereocenters. The Morgan fingerprint density at radius 3 is 0.944 bits per heavy atom. The van der Waals surface area contributed by atoms with E-state index in [0.29, 0.717) is 0 Å². The van der Waals surface area contributed by atoms with Crippen molar-refractivity contribution in [3.05, 3.63) is 36.0 Å². The minimum absolute atomic E-state index is 1.25. The average molecular weight is 501 g/mol. The van der Waals surface area contributed by atoms with Crippen LogP contribution in [-0.2, 0) is 0 Å². The lowest BCUT2D eigenvalue weighted by Gasteiger charge is -2.02. The molecule has 0 heteroatoms. The van der Waals surface area contributed by atoms with Gasteiger partial charge in [0.15, 0.2) is 0 Å². The summed E-state index contributed by atoms with van der Waals surface area (Å²) in [4.78, 5) is 0. The van der Waals surface area contributed by atoms with Gasteiger partial charge in [-0.05, 0) is 44.1 Å². The van der Waals surface area contributed by atoms with E-state index in [2.05, 4.69) is 51.2 Å². The third-order valence-electron chi connectivity index (χ3n) is 7.51. The molecule has 0 fully saturated rings. The van der Waals surface area contributed by atoms with Gasteiger partial charge in [-0.1, -0.05) is 186 Å². The first kappa shape index (κ1) is 35.2. The van der Waals surface area contributed by atoms with Crippen molar-refractivity contribution in [1.29, 1.82) is 0 Å². The maximum atomic E-state index is 2.51. The Kier molecular flexibility index (Phi) is 31.6. The minimum Gasteiger partial charge on any atom is -0.0840 e. The van der Waals surface area contributed by atoms with Crippen LogP contribution in [0, 0.1) is 0 Å². The Morgan fingerprint density at radius 1 is 0.333 bits per heavy atom. The van der Waals surface area contributed by atoms with E-state index < -0.39 is 0 Å². The summed E-state index contributed by atoms with van der Waals surface area (Å²) in [6.45, 7) is 6.91. The van der Waals surface area contributed by atoms with Gasteiger partial charge in [-0.3, -0.25) is 0 Å². The minimum atomic E-state index is 1.25. The number of unbranched alkanes of at least 4 members (excludes halogenated alkanes) is 24. The van der Waals surface area contributed by atoms with Gasteiger partial charge in [0, 0.05) is 0 Å². The standard InChI is InChI=1S/C36H68/c1-4-7-10-13-16-19-22-25-28-31-34-36(33-30-27-24-21-18-15-12-9-6-3)35-32-29-26-23-20-17-14-11-8-5-2/h30-31,33-35H,4-29,32H2,1-3H3. The van der Waals surface area contributed by atoms with E-state index in [9.17, 15) is 0 Å². The lowest BCUT2D eigenvalue weighted by Crippen LogP contribution is -1.82. The van der Waals surface area contributed by atoms with Crippen molar-refractivity contribution in [3.8, 4) is 0 Å². The molecule has 0 radical (unpaired) electrons. The molecule has 36 heavy (non-hydrogen) atoms. The average Bonchev–Trinajstić information content (AvgIpc) is 2.89. The van der Waals surface area contributed by atoms with Crippen molar-refractivity contribution < 1.29 is 0 Å². The fraction of sp³-hybridized carbons (Fsp3) is 0.833. The van der Waals surface area contributed by atoms with E-state index in [4.69, 9.17) is 0 Å². The number of hydrogen-bond donors (Lipinski definition) is 0. The maximum absolute atomic E-state index is 2.51. The first-order chi connectivity index (χ1) is 17.8. The molecule has 0 spiro atoms. The Bertz CT molecular complexity index is 480. The lowest BCUT2D eigenvalue weighted by molar-refractivity contribution is 0.566. The number of rotatable bonds is 29. The molecule has 0 amide bonds. The topological polar surface area (TPSA) is 0 Å². The first-order valence-corrected chi connectivity index (χ1v) is 16.9. The SMILES string of the molecule is CCCCCCCCCC=CC(C=CCCCCCCCCCC)=CCCCCCCCCCCC. The Labute approximate surface area is 229 Å². The molecule has 0 atom stereocenters. The molecular weight excluding hydrogens is 432 g/mol. The van der Waals surface area contributed by atoms with Gasteiger partial charge in [0.05, 0.1) is 0 Å². The highest BCUT2D eigenvalue weighted by atomic mass is 14.0. The Morgan fingerprint density at radius 2 is 0.611 bits per heavy atom. The summed E-state index contributed by atoms with van der Waals surface area (Å²) >= 11 is 0. The molecule has 0 aliphatic carbocycles. The first-order valence-electron chi connectivity index (χ1n) is 16.9. The van der Waals surface area contributed by atoms with Gasteiger partial charge in [-0.2, -0.15) is 0 Å². The fourth-order valence-electron chi connectivity index (χ4n) is 4.97. The van der Waals surface area contributed by atoms with Gasteiger partial charge in [-0.25, -0.2) is 0 Å². The van der Waals surface area contributed by atoms with Crippen molar-refractivity contribution in [2.75, 3.05) is 0 Å². The highest BCUT2D eigenvalue weighted by Crippen LogP contribution is 2.14. The van der Waals surface area contributed by atoms with Crippen LogP contribution in [0.25, 0.3) is 0 Å². The van der Waals surface area contributed by atoms with Crippen LogP contribution in [0.1, 0.15) is 194 Å². The predicted molar refractivity (Wildman–Crippen MR) is 168 cm³/mol. The van der Waals surface area contributed by atoms with Crippen LogP contribution in [0.5, 0.6) is 0 Å². The largest absolute Gasteiger partial charge is 0.0840 e. The predicted octanol–water partition coefficient (Wildman–Crippen LogP) is 13.6. The van der Waals surface area contributed by atoms with Crippen LogP contribution in [0.2, 0.25) is 0 Å². The van der Waals surface area contributed by atoms with Crippen LogP contribution in [0.3, 0.4) is 0 Å². The van der Waals surface area contributed by atoms with E-state index in [-0.39, 0.29) is 0 Å². The summed E-state index contributed by atoms with van der Waals surface area (Å²) in [7, 11) is 0. The molecule has 0 bridgehead atoms. The molecule has 0 N–H and O–H groups in total. The summed E-state index contributed by atoms with van der Waals surface area (Å²) in [6.07, 6.45) is 49.8. The molecule has 0 aromatic rings. The molecular formula is C36H68. The van der Waals surface area contributed by atoms with Gasteiger partial charge in [0.2, 0.25) is 0 Å². The summed E-state index contributed by atoms with van der Waals surface area (Å²) in [6, 6.07) is 0. The third-order valence-corrected chi connectivity index (χ3v) is 7.51. The van der Waals surface area contributed by atoms with Crippen LogP contribution in [0.4, 0.5) is 0 Å². The Balaban J connectivity index is 4.17. The monoisotopic (exact) mass is 501 g/mol. The third kappa shape index (κ3) is 29.5. The molecule has 0 saturated carbocycles. The number of hydrogen-bond acceptors (Lipinski definition) is 0. The van der Waals surface area contributed by atoms with Crippen LogP contribution >= 0.6 is 0 Å². The van der Waals surface area contributed by atoms with Crippen molar-refractivity contribution >= 4 is 0 Å². The zero-order valence-electron chi connectivity index (χ0n) is 25.5. The second-order valence-corrected chi connectivity index (χ2v) is 11.3. The molecule has 0 nitrogen and oxygen atoms in total. The number of allylic oxidation sites excluding steroid dienone is 6. The second-order valence-electron chi connectivity index (χ2n) is 11.3. The lowest BCUT2D eigenvalue weighted by atomic mass is 10.0. The van der Waals surface area contributed by atoms with Gasteiger partial charge in [-0.15, -0.1) is 0 Å². The quantitative estimate of drug-likeness (QED) is 0.0707. The normalized spacial score (nSPS) is 12.5. The van der Waals surface area contributed by atoms with Crippen molar-refractivity contribution in [1.82, 2.24) is 0 Å². The molecule has 0 rings (SSSR count). The van der Waals surface area contributed by atoms with E-state index >= 15 is 0 Å². The van der Waals surface area contributed by atoms with E-state index in [1.165, 1.54) is 179 Å². The van der Waals surface area contributed by atoms with Crippen LogP contribution in [-0.4, -0.2) is 0 Å². The van der Waals surface area contributed by atoms with Crippen LogP contribution < -0.4 is 0 Å². The second kappa shape index (κ2) is 32.2. The molecule has 0 aromatic heterocycles. The van der Waals surface area contributed by atoms with Gasteiger partial charge >= 0.3 is 0 Å². The van der Waals surface area contributed by atoms with Gasteiger partial charge in [0.1, 0.15) is 0 Å². The molecule has 0 heterocycles. The van der Waals surface area contributed by atoms with E-state index in [0.717, 1.165) is 0 Å². The van der Waals surface area contributed by atoms with Crippen LogP contribution in [0.15, 0.2) is 36.0 Å². The van der Waals surface area contributed by atoms with E-state index in [1.807, 2.05) is 0 Å². The van der Waals surface area contributed by atoms with E-state index in [1.54, 1.807) is 0 Å². The van der Waals surface area contributed by atoms with Crippen molar-refractivity contribution in [3.63, 3.8) is 0 Å².